The minimum Gasteiger partial charge on any atom is -0.446 e. The number of rotatable bonds is 12. The van der Waals surface area contributed by atoms with E-state index in [0.717, 1.165) is 41.5 Å². The summed E-state index contributed by atoms with van der Waals surface area (Å²) in [5.74, 6) is 0.267. The molecular weight excluding hydrogens is 562 g/mol. The average Bonchev–Trinajstić information content (AvgIpc) is 3.71. The number of alkyl carbamates (subject to hydrolysis) is 1. The molecule has 1 saturated heterocycles. The van der Waals surface area contributed by atoms with E-state index in [1.807, 2.05) is 44.2 Å². The highest BCUT2D eigenvalue weighted by atomic mass is 32.2. The maximum absolute atomic E-state index is 13.9. The Morgan fingerprint density at radius 1 is 1.20 bits per heavy atom. The Balaban J connectivity index is 1.35. The van der Waals surface area contributed by atoms with Crippen LogP contribution in [0.1, 0.15) is 45.1 Å². The van der Waals surface area contributed by atoms with E-state index in [2.05, 4.69) is 10.3 Å². The van der Waals surface area contributed by atoms with Crippen LogP contribution in [0.2, 0.25) is 0 Å². The number of nitrogens with zero attached hydrogens (tertiary/aromatic N) is 2. The predicted molar refractivity (Wildman–Crippen MR) is 158 cm³/mol. The quantitative estimate of drug-likeness (QED) is 0.312. The number of aliphatic hydroxyl groups excluding tert-OH is 1. The van der Waals surface area contributed by atoms with Crippen LogP contribution in [0.5, 0.6) is 0 Å². The Morgan fingerprint density at radius 2 is 2.00 bits per heavy atom. The van der Waals surface area contributed by atoms with Gasteiger partial charge in [0.1, 0.15) is 6.10 Å². The summed E-state index contributed by atoms with van der Waals surface area (Å²) in [4.78, 5) is 17.5. The molecule has 0 radical (unpaired) electrons. The molecule has 6 atom stereocenters. The van der Waals surface area contributed by atoms with Crippen molar-refractivity contribution in [2.75, 3.05) is 19.7 Å². The molecule has 1 saturated carbocycles. The van der Waals surface area contributed by atoms with E-state index in [1.165, 1.54) is 15.6 Å². The number of carbonyl (C=O) groups is 1. The first-order valence-corrected chi connectivity index (χ1v) is 16.7. The van der Waals surface area contributed by atoms with Gasteiger partial charge in [-0.3, -0.25) is 0 Å². The molecule has 2 aliphatic rings. The lowest BCUT2D eigenvalue weighted by Crippen LogP contribution is -2.51. The number of benzene rings is 2. The molecule has 0 bridgehead atoms. The van der Waals surface area contributed by atoms with Crippen molar-refractivity contribution in [3.63, 3.8) is 0 Å². The van der Waals surface area contributed by atoms with E-state index < -0.39 is 28.3 Å². The largest absolute Gasteiger partial charge is 0.446 e. The minimum atomic E-state index is -3.94. The molecule has 1 aromatic heterocycles. The summed E-state index contributed by atoms with van der Waals surface area (Å²) in [6.45, 7) is 4.74. The first-order valence-electron chi connectivity index (χ1n) is 14.4. The molecule has 1 aliphatic heterocycles. The summed E-state index contributed by atoms with van der Waals surface area (Å²) >= 11 is 1.38. The molecule has 41 heavy (non-hydrogen) atoms. The summed E-state index contributed by atoms with van der Waals surface area (Å²) in [6.07, 6.45) is 1.72. The zero-order valence-corrected chi connectivity index (χ0v) is 25.1. The van der Waals surface area contributed by atoms with E-state index in [0.29, 0.717) is 13.0 Å². The van der Waals surface area contributed by atoms with Crippen molar-refractivity contribution in [3.05, 3.63) is 59.6 Å². The van der Waals surface area contributed by atoms with Crippen molar-refractivity contribution in [1.29, 1.82) is 0 Å². The molecule has 2 heterocycles. The Kier molecular flexibility index (Phi) is 9.60. The number of aliphatic hydroxyl groups is 1. The van der Waals surface area contributed by atoms with Gasteiger partial charge in [0.25, 0.3) is 0 Å². The summed E-state index contributed by atoms with van der Waals surface area (Å²) in [6, 6.07) is 13.7. The first kappa shape index (κ1) is 29.9. The van der Waals surface area contributed by atoms with Crippen molar-refractivity contribution in [1.82, 2.24) is 14.6 Å². The van der Waals surface area contributed by atoms with Crippen molar-refractivity contribution in [2.45, 2.75) is 75.2 Å². The van der Waals surface area contributed by atoms with Gasteiger partial charge >= 0.3 is 6.09 Å². The highest BCUT2D eigenvalue weighted by Gasteiger charge is 2.43. The Labute approximate surface area is 245 Å². The highest BCUT2D eigenvalue weighted by molar-refractivity contribution is 7.89. The molecule has 0 spiro atoms. The van der Waals surface area contributed by atoms with Crippen molar-refractivity contribution in [3.8, 4) is 0 Å². The maximum atomic E-state index is 13.9. The third kappa shape index (κ3) is 7.09. The fourth-order valence-electron chi connectivity index (χ4n) is 5.78. The van der Waals surface area contributed by atoms with Crippen LogP contribution in [0.25, 0.3) is 10.2 Å². The molecule has 5 rings (SSSR count). The number of nitrogens with one attached hydrogen (secondary N) is 1. The van der Waals surface area contributed by atoms with E-state index in [-0.39, 0.29) is 42.0 Å². The van der Waals surface area contributed by atoms with Gasteiger partial charge in [-0.25, -0.2) is 18.2 Å². The highest BCUT2D eigenvalue weighted by Crippen LogP contribution is 2.38. The summed E-state index contributed by atoms with van der Waals surface area (Å²) in [5, 5.41) is 14.4. The number of carbonyl (C=O) groups excluding carboxylic acids is 1. The molecule has 11 heteroatoms. The summed E-state index contributed by atoms with van der Waals surface area (Å²) in [7, 11) is -3.94. The number of fused-ring (bicyclic) bond motifs is 2. The van der Waals surface area contributed by atoms with Crippen LogP contribution >= 0.6 is 11.3 Å². The van der Waals surface area contributed by atoms with Gasteiger partial charge < -0.3 is 19.9 Å². The van der Waals surface area contributed by atoms with Gasteiger partial charge in [-0.05, 0) is 55.4 Å². The lowest BCUT2D eigenvalue weighted by molar-refractivity contribution is 0.0496. The van der Waals surface area contributed by atoms with Crippen LogP contribution in [-0.2, 0) is 25.9 Å². The standard InChI is InChI=1S/C30H39N3O6S2/c1-3-20(2)17-33(41(36,37)22-9-10-24-29(16-22)40-19-31-24)18-26(34)25(15-21-7-5-4-6-8-21)32-30(35)39-28-12-11-27-23(28)13-14-38-27/h4-10,16,19-20,23,25-28,34H,3,11-15,17-18H2,1-2H3,(H,32,35)/t20-,23+,25-,26+,27+,28-/m0/s1. The number of ether oxygens (including phenoxy) is 2. The van der Waals surface area contributed by atoms with E-state index in [1.54, 1.807) is 23.7 Å². The van der Waals surface area contributed by atoms with Crippen LogP contribution in [0.3, 0.4) is 0 Å². The van der Waals surface area contributed by atoms with Gasteiger partial charge in [0.05, 0.1) is 38.9 Å². The zero-order valence-electron chi connectivity index (χ0n) is 23.5. The van der Waals surface area contributed by atoms with E-state index in [4.69, 9.17) is 9.47 Å². The topological polar surface area (TPSA) is 118 Å². The number of hydrogen-bond acceptors (Lipinski definition) is 8. The minimum absolute atomic E-state index is 0.0681. The van der Waals surface area contributed by atoms with E-state index in [9.17, 15) is 18.3 Å². The lowest BCUT2D eigenvalue weighted by Gasteiger charge is -2.31. The van der Waals surface area contributed by atoms with E-state index >= 15 is 0 Å². The summed E-state index contributed by atoms with van der Waals surface area (Å²) in [5.41, 5.74) is 3.34. The predicted octanol–water partition coefficient (Wildman–Crippen LogP) is 4.60. The summed E-state index contributed by atoms with van der Waals surface area (Å²) < 4.78 is 41.5. The third-order valence-electron chi connectivity index (χ3n) is 8.34. The van der Waals surface area contributed by atoms with Crippen LogP contribution in [-0.4, -0.2) is 73.0 Å². The van der Waals surface area contributed by atoms with Crippen LogP contribution in [0.4, 0.5) is 4.79 Å². The molecule has 9 nitrogen and oxygen atoms in total. The molecule has 2 N–H and O–H groups in total. The van der Waals surface area contributed by atoms with Crippen molar-refractivity contribution < 1.29 is 27.8 Å². The third-order valence-corrected chi connectivity index (χ3v) is 11.0. The lowest BCUT2D eigenvalue weighted by atomic mass is 10.0. The molecule has 1 aliphatic carbocycles. The Bertz CT molecular complexity index is 1420. The molecule has 222 valence electrons. The second-order valence-corrected chi connectivity index (χ2v) is 14.0. The molecule has 1 amide bonds. The van der Waals surface area contributed by atoms with Crippen LogP contribution < -0.4 is 5.32 Å². The van der Waals surface area contributed by atoms with Gasteiger partial charge in [-0.2, -0.15) is 4.31 Å². The maximum Gasteiger partial charge on any atom is 0.407 e. The van der Waals surface area contributed by atoms with Gasteiger partial charge in [0.2, 0.25) is 10.0 Å². The molecule has 0 unspecified atom stereocenters. The second kappa shape index (κ2) is 13.2. The monoisotopic (exact) mass is 601 g/mol. The molecule has 2 aromatic carbocycles. The Morgan fingerprint density at radius 3 is 2.78 bits per heavy atom. The SMILES string of the molecule is CC[C@H](C)CN(C[C@@H](O)[C@H](Cc1ccccc1)NC(=O)O[C@H]1CC[C@H]2OCC[C@@H]12)S(=O)(=O)c1ccc2ncsc2c1. The van der Waals surface area contributed by atoms with Crippen LogP contribution in [0.15, 0.2) is 58.9 Å². The number of thiazole rings is 1. The van der Waals surface area contributed by atoms with Crippen molar-refractivity contribution >= 4 is 37.7 Å². The van der Waals surface area contributed by atoms with Crippen LogP contribution in [0, 0.1) is 11.8 Å². The average molecular weight is 602 g/mol. The number of aromatic nitrogens is 1. The molecule has 2 fully saturated rings. The fourth-order valence-corrected chi connectivity index (χ4v) is 8.17. The normalized spacial score (nSPS) is 22.9. The van der Waals surface area contributed by atoms with Crippen molar-refractivity contribution in [2.24, 2.45) is 11.8 Å². The fraction of sp³-hybridized carbons (Fsp3) is 0.533. The molecule has 3 aromatic rings. The van der Waals surface area contributed by atoms with Gasteiger partial charge in [0.15, 0.2) is 0 Å². The number of amides is 1. The van der Waals surface area contributed by atoms with Gasteiger partial charge in [-0.15, -0.1) is 11.3 Å². The number of hydrogen-bond donors (Lipinski definition) is 2. The Hall–Kier alpha value is -2.57. The smallest absolute Gasteiger partial charge is 0.407 e. The number of sulfonamides is 1. The zero-order chi connectivity index (χ0) is 29.0. The van der Waals surface area contributed by atoms with Gasteiger partial charge in [0, 0.05) is 25.6 Å². The van der Waals surface area contributed by atoms with Gasteiger partial charge in [-0.1, -0.05) is 50.6 Å². The first-order chi connectivity index (χ1) is 19.7. The molecular formula is C30H39N3O6S2. The second-order valence-electron chi connectivity index (χ2n) is 11.2.